The monoisotopic (exact) mass is 398 g/mol. The minimum atomic E-state index is -4.44. The van der Waals surface area contributed by atoms with Gasteiger partial charge in [0.05, 0.1) is 0 Å². The van der Waals surface area contributed by atoms with Gasteiger partial charge in [-0.25, -0.2) is 4.98 Å². The van der Waals surface area contributed by atoms with E-state index in [9.17, 15) is 18.0 Å². The molecule has 1 aliphatic heterocycles. The van der Waals surface area contributed by atoms with Gasteiger partial charge in [0.1, 0.15) is 10.8 Å². The number of halogens is 4. The number of aromatic nitrogens is 2. The fourth-order valence-corrected chi connectivity index (χ4v) is 3.01. The predicted octanol–water partition coefficient (Wildman–Crippen LogP) is 3.38. The smallest absolute Gasteiger partial charge is 0.337 e. The van der Waals surface area contributed by atoms with Crippen LogP contribution in [-0.2, 0) is 24.1 Å². The van der Waals surface area contributed by atoms with E-state index in [1.807, 2.05) is 11.0 Å². The van der Waals surface area contributed by atoms with Gasteiger partial charge in [-0.2, -0.15) is 13.2 Å². The van der Waals surface area contributed by atoms with E-state index < -0.39 is 11.9 Å². The first-order chi connectivity index (χ1) is 12.8. The van der Waals surface area contributed by atoms with Crippen molar-refractivity contribution in [1.82, 2.24) is 19.8 Å². The third kappa shape index (κ3) is 5.40. The average Bonchev–Trinajstić information content (AvgIpc) is 2.79. The van der Waals surface area contributed by atoms with Gasteiger partial charge in [0.25, 0.3) is 0 Å². The Hall–Kier alpha value is -2.19. The van der Waals surface area contributed by atoms with Gasteiger partial charge in [0, 0.05) is 51.5 Å². The predicted molar refractivity (Wildman–Crippen MR) is 93.8 cm³/mol. The Balaban J connectivity index is 1.58. The van der Waals surface area contributed by atoms with Gasteiger partial charge in [0.2, 0.25) is 5.91 Å². The Kier molecular flexibility index (Phi) is 5.96. The molecule has 0 radical (unpaired) electrons. The van der Waals surface area contributed by atoms with Gasteiger partial charge in [-0.1, -0.05) is 23.7 Å². The Morgan fingerprint density at radius 2 is 1.67 bits per heavy atom. The zero-order valence-corrected chi connectivity index (χ0v) is 15.2. The molecule has 0 N–H and O–H groups in total. The van der Waals surface area contributed by atoms with E-state index in [0.717, 1.165) is 11.6 Å². The van der Waals surface area contributed by atoms with Crippen molar-refractivity contribution in [3.05, 3.63) is 58.6 Å². The molecule has 0 saturated carbocycles. The van der Waals surface area contributed by atoms with Crippen LogP contribution in [0.2, 0.25) is 5.15 Å². The number of pyridine rings is 2. The first kappa shape index (κ1) is 19.6. The molecular weight excluding hydrogens is 381 g/mol. The SMILES string of the molecule is O=C1CCN(Cc2ccc(C(F)(F)F)nc2)CCN1Cc1ccc(Cl)nc1. The molecule has 2 aromatic rings. The highest BCUT2D eigenvalue weighted by molar-refractivity contribution is 6.29. The first-order valence-corrected chi connectivity index (χ1v) is 8.82. The highest BCUT2D eigenvalue weighted by atomic mass is 35.5. The van der Waals surface area contributed by atoms with Crippen molar-refractivity contribution >= 4 is 17.5 Å². The molecule has 2 aromatic heterocycles. The third-order valence-electron chi connectivity index (χ3n) is 4.36. The number of amides is 1. The van der Waals surface area contributed by atoms with Crippen molar-refractivity contribution in [3.63, 3.8) is 0 Å². The summed E-state index contributed by atoms with van der Waals surface area (Å²) >= 11 is 5.77. The molecule has 1 saturated heterocycles. The number of carbonyl (C=O) groups is 1. The van der Waals surface area contributed by atoms with E-state index >= 15 is 0 Å². The van der Waals surface area contributed by atoms with Crippen LogP contribution in [0.5, 0.6) is 0 Å². The van der Waals surface area contributed by atoms with E-state index in [1.165, 1.54) is 12.3 Å². The first-order valence-electron chi connectivity index (χ1n) is 8.44. The minimum absolute atomic E-state index is 0.0398. The van der Waals surface area contributed by atoms with Gasteiger partial charge in [-0.3, -0.25) is 14.7 Å². The largest absolute Gasteiger partial charge is 0.433 e. The lowest BCUT2D eigenvalue weighted by atomic mass is 10.2. The van der Waals surface area contributed by atoms with Crippen molar-refractivity contribution in [2.75, 3.05) is 19.6 Å². The highest BCUT2D eigenvalue weighted by Crippen LogP contribution is 2.27. The third-order valence-corrected chi connectivity index (χ3v) is 4.59. The number of alkyl halides is 3. The van der Waals surface area contributed by atoms with Crippen LogP contribution in [0.25, 0.3) is 0 Å². The zero-order valence-electron chi connectivity index (χ0n) is 14.4. The fourth-order valence-electron chi connectivity index (χ4n) is 2.90. The van der Waals surface area contributed by atoms with E-state index in [0.29, 0.717) is 49.9 Å². The summed E-state index contributed by atoms with van der Waals surface area (Å²) in [4.78, 5) is 23.7. The molecule has 0 bridgehead atoms. The summed E-state index contributed by atoms with van der Waals surface area (Å²) in [7, 11) is 0. The van der Waals surface area contributed by atoms with Crippen LogP contribution in [0.1, 0.15) is 23.2 Å². The van der Waals surface area contributed by atoms with Crippen LogP contribution < -0.4 is 0 Å². The average molecular weight is 399 g/mol. The van der Waals surface area contributed by atoms with Crippen molar-refractivity contribution in [2.24, 2.45) is 0 Å². The normalized spacial score (nSPS) is 16.4. The molecule has 0 atom stereocenters. The topological polar surface area (TPSA) is 49.3 Å². The van der Waals surface area contributed by atoms with Gasteiger partial charge >= 0.3 is 6.18 Å². The lowest BCUT2D eigenvalue weighted by molar-refractivity contribution is -0.141. The number of hydrogen-bond acceptors (Lipinski definition) is 4. The number of rotatable bonds is 4. The van der Waals surface area contributed by atoms with Crippen LogP contribution in [0.3, 0.4) is 0 Å². The Morgan fingerprint density at radius 3 is 2.30 bits per heavy atom. The molecule has 0 unspecified atom stereocenters. The summed E-state index contributed by atoms with van der Waals surface area (Å²) in [5.74, 6) is 0.0398. The quantitative estimate of drug-likeness (QED) is 0.741. The molecule has 144 valence electrons. The molecule has 3 rings (SSSR count). The van der Waals surface area contributed by atoms with E-state index in [-0.39, 0.29) is 5.91 Å². The van der Waals surface area contributed by atoms with Crippen LogP contribution >= 0.6 is 11.6 Å². The van der Waals surface area contributed by atoms with Crippen LogP contribution in [0, 0.1) is 0 Å². The van der Waals surface area contributed by atoms with Crippen molar-refractivity contribution in [1.29, 1.82) is 0 Å². The summed E-state index contributed by atoms with van der Waals surface area (Å²) < 4.78 is 37.8. The van der Waals surface area contributed by atoms with Gasteiger partial charge < -0.3 is 4.90 Å². The highest BCUT2D eigenvalue weighted by Gasteiger charge is 2.32. The summed E-state index contributed by atoms with van der Waals surface area (Å²) in [5.41, 5.74) is 0.680. The molecule has 27 heavy (non-hydrogen) atoms. The van der Waals surface area contributed by atoms with Crippen LogP contribution in [0.15, 0.2) is 36.7 Å². The van der Waals surface area contributed by atoms with Gasteiger partial charge in [-0.15, -0.1) is 0 Å². The molecule has 0 aliphatic carbocycles. The molecule has 1 fully saturated rings. The Labute approximate surface area is 159 Å². The van der Waals surface area contributed by atoms with Crippen molar-refractivity contribution in [3.8, 4) is 0 Å². The molecule has 0 aromatic carbocycles. The summed E-state index contributed by atoms with van der Waals surface area (Å²) in [6, 6.07) is 5.93. The van der Waals surface area contributed by atoms with Crippen molar-refractivity contribution < 1.29 is 18.0 Å². The minimum Gasteiger partial charge on any atom is -0.337 e. The number of nitrogens with zero attached hydrogens (tertiary/aromatic N) is 4. The maximum Gasteiger partial charge on any atom is 0.433 e. The van der Waals surface area contributed by atoms with Gasteiger partial charge in [0.15, 0.2) is 0 Å². The van der Waals surface area contributed by atoms with Crippen molar-refractivity contribution in [2.45, 2.75) is 25.7 Å². The maximum absolute atomic E-state index is 12.6. The van der Waals surface area contributed by atoms with E-state index in [4.69, 9.17) is 11.6 Å². The Bertz CT molecular complexity index is 781. The lowest BCUT2D eigenvalue weighted by Gasteiger charge is -2.22. The standard InChI is InChI=1S/C18H18ClF3N4O/c19-16-4-2-14(10-24-16)12-26-8-7-25(6-5-17(26)27)11-13-1-3-15(23-9-13)18(20,21)22/h1-4,9-10H,5-8,11-12H2. The van der Waals surface area contributed by atoms with Crippen LogP contribution in [-0.4, -0.2) is 45.3 Å². The van der Waals surface area contributed by atoms with E-state index in [1.54, 1.807) is 17.2 Å². The van der Waals surface area contributed by atoms with Gasteiger partial charge in [-0.05, 0) is 23.3 Å². The fraction of sp³-hybridized carbons (Fsp3) is 0.389. The zero-order chi connectivity index (χ0) is 19.4. The second kappa shape index (κ2) is 8.22. The molecule has 3 heterocycles. The molecule has 1 aliphatic rings. The Morgan fingerprint density at radius 1 is 0.963 bits per heavy atom. The summed E-state index contributed by atoms with van der Waals surface area (Å²) in [5, 5.41) is 0.400. The van der Waals surface area contributed by atoms with Crippen LogP contribution in [0.4, 0.5) is 13.2 Å². The second-order valence-electron chi connectivity index (χ2n) is 6.38. The molecular formula is C18H18ClF3N4O. The molecule has 5 nitrogen and oxygen atoms in total. The summed E-state index contributed by atoms with van der Waals surface area (Å²) in [6.45, 7) is 2.63. The second-order valence-corrected chi connectivity index (χ2v) is 6.77. The molecule has 9 heteroatoms. The summed E-state index contributed by atoms with van der Waals surface area (Å²) in [6.07, 6.45) is -1.20. The number of hydrogen-bond donors (Lipinski definition) is 0. The van der Waals surface area contributed by atoms with E-state index in [2.05, 4.69) is 9.97 Å². The molecule has 1 amide bonds. The number of carbonyl (C=O) groups excluding carboxylic acids is 1. The molecule has 0 spiro atoms. The maximum atomic E-state index is 12.6. The lowest BCUT2D eigenvalue weighted by Crippen LogP contribution is -2.32.